The maximum atomic E-state index is 12.0. The molecule has 2 N–H and O–H groups in total. The number of hydrogen-bond donors (Lipinski definition) is 2. The number of carbonyl (C=O) groups excluding carboxylic acids is 1. The normalized spacial score (nSPS) is 12.2. The Labute approximate surface area is 147 Å². The number of amides is 1. The van der Waals surface area contributed by atoms with Gasteiger partial charge in [-0.3, -0.25) is 4.79 Å². The molecule has 130 valence electrons. The molecule has 0 aliphatic heterocycles. The van der Waals surface area contributed by atoms with Crippen LogP contribution < -0.4 is 15.4 Å². The van der Waals surface area contributed by atoms with Crippen LogP contribution in [0.15, 0.2) is 41.8 Å². The predicted molar refractivity (Wildman–Crippen MR) is 99.9 cm³/mol. The van der Waals surface area contributed by atoms with Crippen molar-refractivity contribution in [1.82, 2.24) is 10.2 Å². The molecule has 1 aromatic heterocycles. The fourth-order valence-electron chi connectivity index (χ4n) is 2.31. The highest BCUT2D eigenvalue weighted by atomic mass is 32.1. The number of hydrogen-bond acceptors (Lipinski definition) is 5. The van der Waals surface area contributed by atoms with E-state index in [1.54, 1.807) is 11.3 Å². The van der Waals surface area contributed by atoms with Gasteiger partial charge in [-0.25, -0.2) is 0 Å². The van der Waals surface area contributed by atoms with Crippen molar-refractivity contribution < 1.29 is 9.53 Å². The van der Waals surface area contributed by atoms with Crippen LogP contribution in [0.1, 0.15) is 17.4 Å². The lowest BCUT2D eigenvalue weighted by Crippen LogP contribution is -2.27. The Hall–Kier alpha value is -1.89. The molecule has 5 nitrogen and oxygen atoms in total. The number of para-hydroxylation sites is 2. The number of nitrogens with zero attached hydrogens (tertiary/aromatic N) is 1. The highest BCUT2D eigenvalue weighted by Crippen LogP contribution is 2.32. The molecule has 0 radical (unpaired) electrons. The van der Waals surface area contributed by atoms with E-state index < -0.39 is 0 Å². The summed E-state index contributed by atoms with van der Waals surface area (Å²) in [5.74, 6) is 0.637. The summed E-state index contributed by atoms with van der Waals surface area (Å²) in [6.07, 6.45) is 0.820. The molecular weight excluding hydrogens is 322 g/mol. The van der Waals surface area contributed by atoms with E-state index in [2.05, 4.69) is 22.1 Å². The lowest BCUT2D eigenvalue weighted by atomic mass is 10.2. The van der Waals surface area contributed by atoms with E-state index in [0.29, 0.717) is 18.0 Å². The van der Waals surface area contributed by atoms with Gasteiger partial charge in [-0.15, -0.1) is 11.3 Å². The Kier molecular flexibility index (Phi) is 7.24. The van der Waals surface area contributed by atoms with Gasteiger partial charge in [0.05, 0.1) is 12.2 Å². The van der Waals surface area contributed by atoms with Crippen molar-refractivity contribution in [2.45, 2.75) is 12.5 Å². The summed E-state index contributed by atoms with van der Waals surface area (Å²) in [4.78, 5) is 15.1. The van der Waals surface area contributed by atoms with Crippen molar-refractivity contribution in [2.75, 3.05) is 39.5 Å². The van der Waals surface area contributed by atoms with Crippen LogP contribution in [0.5, 0.6) is 5.75 Å². The smallest absolute Gasteiger partial charge is 0.238 e. The number of rotatable bonds is 9. The van der Waals surface area contributed by atoms with Crippen LogP contribution in [0.2, 0.25) is 0 Å². The van der Waals surface area contributed by atoms with Gasteiger partial charge in [0.15, 0.2) is 0 Å². The molecule has 2 rings (SSSR count). The van der Waals surface area contributed by atoms with E-state index in [1.165, 1.54) is 4.88 Å². The van der Waals surface area contributed by atoms with Gasteiger partial charge < -0.3 is 20.3 Å². The molecule has 1 atom stereocenters. The Bertz CT molecular complexity index is 629. The first-order valence-electron chi connectivity index (χ1n) is 7.98. The van der Waals surface area contributed by atoms with Gasteiger partial charge in [-0.1, -0.05) is 18.2 Å². The number of carbonyl (C=O) groups is 1. The standard InChI is InChI=1S/C18H25N3O2S/c1-19-11-10-16(17-9-6-12-24-17)23-15-8-5-4-7-14(15)20-18(22)13-21(2)3/h4-9,12,16,19H,10-11,13H2,1-3H3,(H,20,22)/t16-/m1/s1. The number of ether oxygens (including phenoxy) is 1. The summed E-state index contributed by atoms with van der Waals surface area (Å²) >= 11 is 1.68. The molecule has 0 spiro atoms. The predicted octanol–water partition coefficient (Wildman–Crippen LogP) is 2.98. The van der Waals surface area contributed by atoms with Gasteiger partial charge in [0.2, 0.25) is 5.91 Å². The molecule has 0 aliphatic rings. The maximum absolute atomic E-state index is 12.0. The van der Waals surface area contributed by atoms with E-state index in [0.717, 1.165) is 13.0 Å². The molecule has 1 aromatic carbocycles. The molecular formula is C18H25N3O2S. The number of anilines is 1. The number of benzene rings is 1. The Morgan fingerprint density at radius 1 is 1.25 bits per heavy atom. The lowest BCUT2D eigenvalue weighted by Gasteiger charge is -2.20. The van der Waals surface area contributed by atoms with Crippen LogP contribution in [0, 0.1) is 0 Å². The van der Waals surface area contributed by atoms with Crippen molar-refractivity contribution in [3.63, 3.8) is 0 Å². The minimum absolute atomic E-state index is 0.0376. The average molecular weight is 347 g/mol. The molecule has 0 saturated heterocycles. The third kappa shape index (κ3) is 5.63. The van der Waals surface area contributed by atoms with E-state index in [4.69, 9.17) is 4.74 Å². The zero-order valence-electron chi connectivity index (χ0n) is 14.4. The molecule has 1 amide bonds. The topological polar surface area (TPSA) is 53.6 Å². The lowest BCUT2D eigenvalue weighted by molar-refractivity contribution is -0.116. The minimum atomic E-state index is -0.0565. The quantitative estimate of drug-likeness (QED) is 0.732. The Balaban J connectivity index is 2.13. The van der Waals surface area contributed by atoms with Crippen molar-refractivity contribution in [3.05, 3.63) is 46.7 Å². The van der Waals surface area contributed by atoms with Gasteiger partial charge in [0, 0.05) is 11.3 Å². The van der Waals surface area contributed by atoms with E-state index in [1.807, 2.05) is 56.4 Å². The van der Waals surface area contributed by atoms with Crippen molar-refractivity contribution >= 4 is 22.9 Å². The van der Waals surface area contributed by atoms with Crippen LogP contribution in [0.25, 0.3) is 0 Å². The second-order valence-electron chi connectivity index (χ2n) is 5.80. The summed E-state index contributed by atoms with van der Waals surface area (Å²) in [6.45, 7) is 1.19. The van der Waals surface area contributed by atoms with Crippen molar-refractivity contribution in [3.8, 4) is 5.75 Å². The molecule has 0 unspecified atom stereocenters. The third-order valence-electron chi connectivity index (χ3n) is 3.41. The zero-order valence-corrected chi connectivity index (χ0v) is 15.2. The highest BCUT2D eigenvalue weighted by molar-refractivity contribution is 7.10. The molecule has 0 aliphatic carbocycles. The average Bonchev–Trinajstić information content (AvgIpc) is 3.06. The minimum Gasteiger partial charge on any atom is -0.483 e. The van der Waals surface area contributed by atoms with Crippen LogP contribution in [-0.4, -0.2) is 45.0 Å². The summed E-state index contributed by atoms with van der Waals surface area (Å²) in [5.41, 5.74) is 0.704. The summed E-state index contributed by atoms with van der Waals surface area (Å²) in [5, 5.41) is 8.15. The van der Waals surface area contributed by atoms with Crippen LogP contribution in [-0.2, 0) is 4.79 Å². The number of thiophene rings is 1. The summed E-state index contributed by atoms with van der Waals surface area (Å²) in [7, 11) is 5.67. The van der Waals surface area contributed by atoms with E-state index >= 15 is 0 Å². The first kappa shape index (κ1) is 18.4. The van der Waals surface area contributed by atoms with E-state index in [9.17, 15) is 4.79 Å². The van der Waals surface area contributed by atoms with Crippen LogP contribution in [0.3, 0.4) is 0 Å². The Morgan fingerprint density at radius 2 is 2.04 bits per heavy atom. The number of nitrogens with one attached hydrogen (secondary N) is 2. The monoisotopic (exact) mass is 347 g/mol. The maximum Gasteiger partial charge on any atom is 0.238 e. The van der Waals surface area contributed by atoms with Gasteiger partial charge in [0.1, 0.15) is 11.9 Å². The molecule has 0 fully saturated rings. The van der Waals surface area contributed by atoms with Gasteiger partial charge in [-0.05, 0) is 51.3 Å². The Morgan fingerprint density at radius 3 is 2.71 bits per heavy atom. The van der Waals surface area contributed by atoms with Crippen LogP contribution in [0.4, 0.5) is 5.69 Å². The molecule has 0 bridgehead atoms. The second-order valence-corrected chi connectivity index (χ2v) is 6.78. The molecule has 24 heavy (non-hydrogen) atoms. The van der Waals surface area contributed by atoms with Gasteiger partial charge >= 0.3 is 0 Å². The largest absolute Gasteiger partial charge is 0.483 e. The van der Waals surface area contributed by atoms with Crippen LogP contribution >= 0.6 is 11.3 Å². The third-order valence-corrected chi connectivity index (χ3v) is 4.37. The molecule has 2 aromatic rings. The van der Waals surface area contributed by atoms with E-state index in [-0.39, 0.29) is 12.0 Å². The van der Waals surface area contributed by atoms with Crippen molar-refractivity contribution in [2.24, 2.45) is 0 Å². The second kappa shape index (κ2) is 9.42. The van der Waals surface area contributed by atoms with Crippen molar-refractivity contribution in [1.29, 1.82) is 0 Å². The fraction of sp³-hybridized carbons (Fsp3) is 0.389. The first-order chi connectivity index (χ1) is 11.6. The summed E-state index contributed by atoms with van der Waals surface area (Å²) < 4.78 is 6.24. The summed E-state index contributed by atoms with van der Waals surface area (Å²) in [6, 6.07) is 11.7. The SMILES string of the molecule is CNCC[C@@H](Oc1ccccc1NC(=O)CN(C)C)c1cccs1. The zero-order chi connectivity index (χ0) is 17.4. The molecule has 6 heteroatoms. The van der Waals surface area contributed by atoms with Gasteiger partial charge in [-0.2, -0.15) is 0 Å². The van der Waals surface area contributed by atoms with Gasteiger partial charge in [0.25, 0.3) is 0 Å². The molecule has 0 saturated carbocycles. The first-order valence-corrected chi connectivity index (χ1v) is 8.86. The highest BCUT2D eigenvalue weighted by Gasteiger charge is 2.17. The molecule has 1 heterocycles. The fourth-order valence-corrected chi connectivity index (χ4v) is 3.10. The number of likely N-dealkylation sites (N-methyl/N-ethyl adjacent to an activating group) is 1.